The van der Waals surface area contributed by atoms with Gasteiger partial charge in [-0.3, -0.25) is 4.79 Å². The van der Waals surface area contributed by atoms with Gasteiger partial charge in [0, 0.05) is 0 Å². The summed E-state index contributed by atoms with van der Waals surface area (Å²) in [5.74, 6) is 0.898. The summed E-state index contributed by atoms with van der Waals surface area (Å²) in [6.45, 7) is 4.60. The van der Waals surface area contributed by atoms with Crippen molar-refractivity contribution in [1.82, 2.24) is 0 Å². The minimum atomic E-state index is 0.0536. The zero-order valence-corrected chi connectivity index (χ0v) is 12.4. The molecule has 2 aromatic rings. The number of hydrogen-bond donors (Lipinski definition) is 0. The third kappa shape index (κ3) is 2.77. The first-order valence-electron chi connectivity index (χ1n) is 7.24. The third-order valence-electron chi connectivity index (χ3n) is 3.79. The first-order chi connectivity index (χ1) is 10.1. The largest absolute Gasteiger partial charge is 0.489 e. The Morgan fingerprint density at radius 1 is 1.19 bits per heavy atom. The van der Waals surface area contributed by atoms with E-state index in [1.165, 1.54) is 5.56 Å². The maximum Gasteiger partial charge on any atom is 0.231 e. The molecular weight excluding hydrogens is 262 g/mol. The number of para-hydroxylation sites is 2. The van der Waals surface area contributed by atoms with Crippen LogP contribution in [-0.2, 0) is 11.2 Å². The van der Waals surface area contributed by atoms with E-state index in [1.807, 2.05) is 67.3 Å². The Bertz CT molecular complexity index is 649. The van der Waals surface area contributed by atoms with Crippen LogP contribution in [0.2, 0.25) is 0 Å². The van der Waals surface area contributed by atoms with Crippen molar-refractivity contribution in [3.63, 3.8) is 0 Å². The van der Waals surface area contributed by atoms with Crippen LogP contribution in [0.4, 0.5) is 5.69 Å². The van der Waals surface area contributed by atoms with E-state index >= 15 is 0 Å². The van der Waals surface area contributed by atoms with Crippen molar-refractivity contribution in [2.45, 2.75) is 26.3 Å². The normalized spacial score (nSPS) is 17.0. The number of anilines is 1. The minimum absolute atomic E-state index is 0.0536. The van der Waals surface area contributed by atoms with Crippen molar-refractivity contribution >= 4 is 11.6 Å². The molecule has 3 rings (SSSR count). The fourth-order valence-electron chi connectivity index (χ4n) is 2.65. The Labute approximate surface area is 125 Å². The molecule has 3 heteroatoms. The van der Waals surface area contributed by atoms with Crippen molar-refractivity contribution < 1.29 is 9.53 Å². The third-order valence-corrected chi connectivity index (χ3v) is 3.79. The van der Waals surface area contributed by atoms with Gasteiger partial charge in [-0.1, -0.05) is 42.0 Å². The van der Waals surface area contributed by atoms with Gasteiger partial charge in [0.25, 0.3) is 0 Å². The number of aryl methyl sites for hydroxylation is 1. The summed E-state index contributed by atoms with van der Waals surface area (Å²) in [5, 5.41) is 0. The highest BCUT2D eigenvalue weighted by atomic mass is 16.5. The fraction of sp³-hybridized carbons (Fsp3) is 0.278. The van der Waals surface area contributed by atoms with Gasteiger partial charge in [-0.25, -0.2) is 0 Å². The van der Waals surface area contributed by atoms with E-state index in [0.717, 1.165) is 17.0 Å². The molecule has 2 aromatic carbocycles. The van der Waals surface area contributed by atoms with E-state index < -0.39 is 0 Å². The van der Waals surface area contributed by atoms with Crippen LogP contribution in [0.5, 0.6) is 5.75 Å². The lowest BCUT2D eigenvalue weighted by Gasteiger charge is -2.35. The molecule has 1 atom stereocenters. The second-order valence-corrected chi connectivity index (χ2v) is 5.55. The molecule has 1 aliphatic rings. The highest BCUT2D eigenvalue weighted by molar-refractivity contribution is 5.97. The standard InChI is InChI=1S/C18H19NO2/c1-13-7-9-15(10-8-13)11-18(20)19-14(2)12-21-17-6-4-3-5-16(17)19/h3-10,14H,11-12H2,1-2H3. The number of rotatable bonds is 2. The van der Waals surface area contributed by atoms with E-state index in [4.69, 9.17) is 4.74 Å². The van der Waals surface area contributed by atoms with E-state index in [-0.39, 0.29) is 11.9 Å². The van der Waals surface area contributed by atoms with Crippen molar-refractivity contribution in [2.24, 2.45) is 0 Å². The summed E-state index contributed by atoms with van der Waals surface area (Å²) in [7, 11) is 0. The Morgan fingerprint density at radius 2 is 1.90 bits per heavy atom. The maximum atomic E-state index is 12.7. The molecule has 0 N–H and O–H groups in total. The molecule has 0 aliphatic carbocycles. The zero-order valence-electron chi connectivity index (χ0n) is 12.4. The topological polar surface area (TPSA) is 29.5 Å². The van der Waals surface area contributed by atoms with Crippen molar-refractivity contribution in [1.29, 1.82) is 0 Å². The molecule has 0 radical (unpaired) electrons. The van der Waals surface area contributed by atoms with E-state index in [9.17, 15) is 4.79 Å². The van der Waals surface area contributed by atoms with Crippen LogP contribution >= 0.6 is 0 Å². The van der Waals surface area contributed by atoms with Crippen LogP contribution in [-0.4, -0.2) is 18.6 Å². The molecule has 0 aromatic heterocycles. The molecule has 0 bridgehead atoms. The maximum absolute atomic E-state index is 12.7. The van der Waals surface area contributed by atoms with E-state index in [2.05, 4.69) is 0 Å². The van der Waals surface area contributed by atoms with Crippen LogP contribution in [0.15, 0.2) is 48.5 Å². The van der Waals surface area contributed by atoms with Gasteiger partial charge >= 0.3 is 0 Å². The Kier molecular flexibility index (Phi) is 3.65. The molecule has 108 valence electrons. The molecule has 21 heavy (non-hydrogen) atoms. The fourth-order valence-corrected chi connectivity index (χ4v) is 2.65. The Balaban J connectivity index is 1.85. The van der Waals surface area contributed by atoms with Gasteiger partial charge < -0.3 is 9.64 Å². The second-order valence-electron chi connectivity index (χ2n) is 5.55. The summed E-state index contributed by atoms with van der Waals surface area (Å²) in [6, 6.07) is 15.9. The van der Waals surface area contributed by atoms with Gasteiger partial charge in [0.1, 0.15) is 12.4 Å². The van der Waals surface area contributed by atoms with Gasteiger partial charge in [0.05, 0.1) is 18.2 Å². The molecule has 3 nitrogen and oxygen atoms in total. The number of carbonyl (C=O) groups is 1. The predicted octanol–water partition coefficient (Wildman–Crippen LogP) is 3.35. The number of hydrogen-bond acceptors (Lipinski definition) is 2. The minimum Gasteiger partial charge on any atom is -0.489 e. The first-order valence-corrected chi connectivity index (χ1v) is 7.24. The monoisotopic (exact) mass is 281 g/mol. The summed E-state index contributed by atoms with van der Waals surface area (Å²) >= 11 is 0. The van der Waals surface area contributed by atoms with E-state index in [0.29, 0.717) is 13.0 Å². The van der Waals surface area contributed by atoms with E-state index in [1.54, 1.807) is 0 Å². The highest BCUT2D eigenvalue weighted by Crippen LogP contribution is 2.33. The molecule has 0 spiro atoms. The van der Waals surface area contributed by atoms with Crippen LogP contribution < -0.4 is 9.64 Å². The first kappa shape index (κ1) is 13.7. The molecule has 1 unspecified atom stereocenters. The van der Waals surface area contributed by atoms with Crippen molar-refractivity contribution in [3.8, 4) is 5.75 Å². The molecular formula is C18H19NO2. The molecule has 0 fully saturated rings. The summed E-state index contributed by atoms with van der Waals surface area (Å²) < 4.78 is 5.69. The molecule has 1 amide bonds. The van der Waals surface area contributed by atoms with Gasteiger partial charge in [0.2, 0.25) is 5.91 Å². The number of carbonyl (C=O) groups excluding carboxylic acids is 1. The SMILES string of the molecule is Cc1ccc(CC(=O)N2c3ccccc3OCC2C)cc1. The van der Waals surface area contributed by atoms with Crippen molar-refractivity contribution in [3.05, 3.63) is 59.7 Å². The lowest BCUT2D eigenvalue weighted by Crippen LogP contribution is -2.45. The number of amides is 1. The molecule has 0 saturated heterocycles. The average Bonchev–Trinajstić information content (AvgIpc) is 2.49. The summed E-state index contributed by atoms with van der Waals surface area (Å²) in [4.78, 5) is 14.6. The lowest BCUT2D eigenvalue weighted by molar-refractivity contribution is -0.118. The predicted molar refractivity (Wildman–Crippen MR) is 83.8 cm³/mol. The number of benzene rings is 2. The Hall–Kier alpha value is -2.29. The lowest BCUT2D eigenvalue weighted by atomic mass is 10.1. The van der Waals surface area contributed by atoms with Crippen LogP contribution in [0, 0.1) is 6.92 Å². The number of ether oxygens (including phenoxy) is 1. The average molecular weight is 281 g/mol. The van der Waals surface area contributed by atoms with Crippen LogP contribution in [0.3, 0.4) is 0 Å². The zero-order chi connectivity index (χ0) is 14.8. The van der Waals surface area contributed by atoms with Crippen LogP contribution in [0.1, 0.15) is 18.1 Å². The summed E-state index contributed by atoms with van der Waals surface area (Å²) in [6.07, 6.45) is 0.416. The van der Waals surface area contributed by atoms with Gasteiger partial charge in [-0.15, -0.1) is 0 Å². The Morgan fingerprint density at radius 3 is 2.67 bits per heavy atom. The highest BCUT2D eigenvalue weighted by Gasteiger charge is 2.28. The molecule has 0 saturated carbocycles. The van der Waals surface area contributed by atoms with Crippen LogP contribution in [0.25, 0.3) is 0 Å². The smallest absolute Gasteiger partial charge is 0.231 e. The van der Waals surface area contributed by atoms with Gasteiger partial charge in [0.15, 0.2) is 0 Å². The molecule has 1 heterocycles. The number of nitrogens with zero attached hydrogens (tertiary/aromatic N) is 1. The number of fused-ring (bicyclic) bond motifs is 1. The van der Waals surface area contributed by atoms with Gasteiger partial charge in [-0.05, 0) is 31.5 Å². The molecule has 1 aliphatic heterocycles. The van der Waals surface area contributed by atoms with Gasteiger partial charge in [-0.2, -0.15) is 0 Å². The summed E-state index contributed by atoms with van der Waals surface area (Å²) in [5.41, 5.74) is 3.12. The second kappa shape index (κ2) is 5.60. The van der Waals surface area contributed by atoms with Crippen molar-refractivity contribution in [2.75, 3.05) is 11.5 Å². The quantitative estimate of drug-likeness (QED) is 0.845.